The Morgan fingerprint density at radius 2 is 1.87 bits per heavy atom. The van der Waals surface area contributed by atoms with E-state index in [1.807, 2.05) is 63.3 Å². The molecule has 5 rings (SSSR count). The number of nitrogens with zero attached hydrogens (tertiary/aromatic N) is 1. The third-order valence-corrected chi connectivity index (χ3v) is 6.61. The summed E-state index contributed by atoms with van der Waals surface area (Å²) in [7, 11) is 0. The number of ether oxygens (including phenoxy) is 1. The minimum absolute atomic E-state index is 0.0484. The molecule has 7 nitrogen and oxygen atoms in total. The summed E-state index contributed by atoms with van der Waals surface area (Å²) in [4.78, 5) is 41.8. The van der Waals surface area contributed by atoms with Crippen molar-refractivity contribution < 1.29 is 19.1 Å². The Morgan fingerprint density at radius 3 is 2.52 bits per heavy atom. The molecule has 1 aliphatic carbocycles. The first-order chi connectivity index (χ1) is 14.7. The molecular weight excluding hydrogens is 394 g/mol. The van der Waals surface area contributed by atoms with E-state index in [4.69, 9.17) is 4.74 Å². The van der Waals surface area contributed by atoms with Crippen molar-refractivity contribution in [3.05, 3.63) is 48.0 Å². The van der Waals surface area contributed by atoms with Crippen LogP contribution in [-0.2, 0) is 25.7 Å². The van der Waals surface area contributed by atoms with Crippen LogP contribution in [0, 0.1) is 11.8 Å². The predicted octanol–water partition coefficient (Wildman–Crippen LogP) is 1.53. The van der Waals surface area contributed by atoms with E-state index in [-0.39, 0.29) is 23.8 Å². The molecule has 0 unspecified atom stereocenters. The maximum Gasteiger partial charge on any atom is 0.246 e. The number of fused-ring (bicyclic) bond motifs is 1. The van der Waals surface area contributed by atoms with Crippen LogP contribution in [0.4, 0.5) is 0 Å². The van der Waals surface area contributed by atoms with E-state index in [9.17, 15) is 14.4 Å². The highest BCUT2D eigenvalue weighted by atomic mass is 16.5. The largest absolute Gasteiger partial charge is 0.359 e. The second kappa shape index (κ2) is 6.92. The van der Waals surface area contributed by atoms with Gasteiger partial charge in [-0.25, -0.2) is 0 Å². The number of carbonyl (C=O) groups excluding carboxylic acids is 3. The Morgan fingerprint density at radius 1 is 1.16 bits per heavy atom. The minimum atomic E-state index is -1.07. The van der Waals surface area contributed by atoms with Gasteiger partial charge in [0.25, 0.3) is 0 Å². The van der Waals surface area contributed by atoms with Crippen LogP contribution in [0.15, 0.2) is 42.5 Å². The molecule has 31 heavy (non-hydrogen) atoms. The summed E-state index contributed by atoms with van der Waals surface area (Å²) < 4.78 is 6.30. The van der Waals surface area contributed by atoms with Gasteiger partial charge in [-0.2, -0.15) is 0 Å². The lowest BCUT2D eigenvalue weighted by molar-refractivity contribution is -0.143. The Labute approximate surface area is 182 Å². The highest BCUT2D eigenvalue weighted by Crippen LogP contribution is 2.57. The van der Waals surface area contributed by atoms with E-state index in [0.29, 0.717) is 6.54 Å². The first-order valence-electron chi connectivity index (χ1n) is 11.0. The average Bonchev–Trinajstić information content (AvgIpc) is 3.31. The average molecular weight is 424 g/mol. The van der Waals surface area contributed by atoms with E-state index >= 15 is 0 Å². The summed E-state index contributed by atoms with van der Waals surface area (Å²) >= 11 is 0. The summed E-state index contributed by atoms with van der Waals surface area (Å²) in [6, 6.07) is 8.97. The molecule has 3 amide bonds. The van der Waals surface area contributed by atoms with Crippen molar-refractivity contribution in [2.75, 3.05) is 0 Å². The SMILES string of the molecule is CC(C)(C)NC(=O)[C@@H]1N(C2CC2)C(=O)[C@H]2[C@H](C(=O)NCc3ccccc3)[C@H]3C=C[C@@]12O3. The van der Waals surface area contributed by atoms with Gasteiger partial charge in [0.1, 0.15) is 11.6 Å². The molecule has 3 heterocycles. The number of benzene rings is 1. The zero-order chi connectivity index (χ0) is 22.0. The van der Waals surface area contributed by atoms with Gasteiger partial charge in [0.15, 0.2) is 0 Å². The number of rotatable bonds is 5. The monoisotopic (exact) mass is 423 g/mol. The normalized spacial score (nSPS) is 33.5. The first-order valence-corrected chi connectivity index (χ1v) is 11.0. The molecule has 2 N–H and O–H groups in total. The second-order valence-corrected chi connectivity index (χ2v) is 10.1. The third kappa shape index (κ3) is 3.26. The molecule has 2 bridgehead atoms. The lowest BCUT2D eigenvalue weighted by atomic mass is 9.74. The van der Waals surface area contributed by atoms with Crippen molar-refractivity contribution in [3.8, 4) is 0 Å². The van der Waals surface area contributed by atoms with Gasteiger partial charge in [0, 0.05) is 18.1 Å². The molecule has 5 atom stereocenters. The summed E-state index contributed by atoms with van der Waals surface area (Å²) in [5, 5.41) is 6.00. The lowest BCUT2D eigenvalue weighted by Gasteiger charge is -2.34. The van der Waals surface area contributed by atoms with Crippen molar-refractivity contribution in [1.82, 2.24) is 15.5 Å². The summed E-state index contributed by atoms with van der Waals surface area (Å²) in [6.45, 7) is 6.14. The van der Waals surface area contributed by atoms with Gasteiger partial charge in [-0.15, -0.1) is 0 Å². The standard InChI is InChI=1S/C24H29N3O4/c1-23(2,3)26-21(29)19-24-12-11-16(31-24)17(18(24)22(30)27(19)15-9-10-15)20(28)25-13-14-7-5-4-6-8-14/h4-8,11-12,15-19H,9-10,13H2,1-3H3,(H,25,28)(H,26,29)/t16-,17-,18-,19+,24+/m1/s1. The Kier molecular flexibility index (Phi) is 4.52. The number of hydrogen-bond donors (Lipinski definition) is 2. The number of amides is 3. The van der Waals surface area contributed by atoms with E-state index < -0.39 is 35.1 Å². The van der Waals surface area contributed by atoms with Gasteiger partial charge in [-0.05, 0) is 39.2 Å². The van der Waals surface area contributed by atoms with Gasteiger partial charge < -0.3 is 20.3 Å². The van der Waals surface area contributed by atoms with Crippen LogP contribution in [0.2, 0.25) is 0 Å². The number of hydrogen-bond acceptors (Lipinski definition) is 4. The maximum atomic E-state index is 13.6. The van der Waals surface area contributed by atoms with Crippen molar-refractivity contribution in [2.24, 2.45) is 11.8 Å². The quantitative estimate of drug-likeness (QED) is 0.703. The van der Waals surface area contributed by atoms with Crippen LogP contribution in [0.1, 0.15) is 39.2 Å². The molecule has 4 aliphatic rings. The molecule has 1 saturated carbocycles. The smallest absolute Gasteiger partial charge is 0.246 e. The molecule has 1 spiro atoms. The van der Waals surface area contributed by atoms with Crippen molar-refractivity contribution >= 4 is 17.7 Å². The van der Waals surface area contributed by atoms with Crippen LogP contribution in [0.5, 0.6) is 0 Å². The highest BCUT2D eigenvalue weighted by Gasteiger charge is 2.74. The molecule has 3 aliphatic heterocycles. The maximum absolute atomic E-state index is 13.6. The second-order valence-electron chi connectivity index (χ2n) is 10.1. The van der Waals surface area contributed by atoms with Crippen LogP contribution >= 0.6 is 0 Å². The van der Waals surface area contributed by atoms with E-state index in [2.05, 4.69) is 10.6 Å². The summed E-state index contributed by atoms with van der Waals surface area (Å²) in [5.74, 6) is -1.86. The molecule has 0 aromatic heterocycles. The van der Waals surface area contributed by atoms with Crippen molar-refractivity contribution in [2.45, 2.75) is 69.5 Å². The van der Waals surface area contributed by atoms with E-state index in [1.54, 1.807) is 4.90 Å². The van der Waals surface area contributed by atoms with Crippen LogP contribution in [-0.4, -0.2) is 51.9 Å². The van der Waals surface area contributed by atoms with Crippen molar-refractivity contribution in [1.29, 1.82) is 0 Å². The Balaban J connectivity index is 1.43. The molecule has 0 radical (unpaired) electrons. The van der Waals surface area contributed by atoms with Gasteiger partial charge in [-0.3, -0.25) is 14.4 Å². The van der Waals surface area contributed by atoms with Crippen molar-refractivity contribution in [3.63, 3.8) is 0 Å². The molecule has 2 saturated heterocycles. The lowest BCUT2D eigenvalue weighted by Crippen LogP contribution is -2.58. The van der Waals surface area contributed by atoms with Gasteiger partial charge >= 0.3 is 0 Å². The van der Waals surface area contributed by atoms with Crippen LogP contribution in [0.25, 0.3) is 0 Å². The predicted molar refractivity (Wildman–Crippen MR) is 114 cm³/mol. The zero-order valence-corrected chi connectivity index (χ0v) is 18.1. The molecule has 1 aromatic rings. The molecule has 1 aromatic carbocycles. The number of nitrogens with one attached hydrogen (secondary N) is 2. The fraction of sp³-hybridized carbons (Fsp3) is 0.542. The third-order valence-electron chi connectivity index (χ3n) is 6.61. The van der Waals surface area contributed by atoms with Crippen LogP contribution < -0.4 is 10.6 Å². The molecule has 164 valence electrons. The molecule has 7 heteroatoms. The number of likely N-dealkylation sites (tertiary alicyclic amines) is 1. The highest BCUT2D eigenvalue weighted by molar-refractivity contribution is 6.00. The van der Waals surface area contributed by atoms with Crippen LogP contribution in [0.3, 0.4) is 0 Å². The van der Waals surface area contributed by atoms with Gasteiger partial charge in [0.2, 0.25) is 17.7 Å². The van der Waals surface area contributed by atoms with E-state index in [0.717, 1.165) is 18.4 Å². The fourth-order valence-corrected chi connectivity index (χ4v) is 5.29. The summed E-state index contributed by atoms with van der Waals surface area (Å²) in [6.07, 6.45) is 4.98. The zero-order valence-electron chi connectivity index (χ0n) is 18.1. The fourth-order valence-electron chi connectivity index (χ4n) is 5.29. The molecular formula is C24H29N3O4. The van der Waals surface area contributed by atoms with Gasteiger partial charge in [-0.1, -0.05) is 42.5 Å². The Bertz CT molecular complexity index is 949. The Hall–Kier alpha value is -2.67. The van der Waals surface area contributed by atoms with E-state index in [1.165, 1.54) is 0 Å². The summed E-state index contributed by atoms with van der Waals surface area (Å²) in [5.41, 5.74) is -0.518. The first kappa shape index (κ1) is 20.2. The van der Waals surface area contributed by atoms with Gasteiger partial charge in [0.05, 0.1) is 17.9 Å². The minimum Gasteiger partial charge on any atom is -0.359 e. The topological polar surface area (TPSA) is 87.7 Å². The number of carbonyl (C=O) groups is 3. The molecule has 3 fully saturated rings.